The first-order valence-electron chi connectivity index (χ1n) is 7.48. The highest BCUT2D eigenvalue weighted by Gasteiger charge is 2.23. The van der Waals surface area contributed by atoms with Gasteiger partial charge in [-0.3, -0.25) is 4.79 Å². The summed E-state index contributed by atoms with van der Waals surface area (Å²) in [6, 6.07) is 7.20. The first kappa shape index (κ1) is 14.7. The Hall–Kier alpha value is -2.21. The molecule has 0 spiro atoms. The lowest BCUT2D eigenvalue weighted by atomic mass is 9.93. The van der Waals surface area contributed by atoms with Gasteiger partial charge in [-0.05, 0) is 37.8 Å². The van der Waals surface area contributed by atoms with Gasteiger partial charge in [0, 0.05) is 19.2 Å². The van der Waals surface area contributed by atoms with Crippen LogP contribution in [0.1, 0.15) is 36.2 Å². The maximum atomic E-state index is 12.3. The minimum atomic E-state index is -0.151. The topological polar surface area (TPSA) is 77.2 Å². The number of nitrogens with one attached hydrogen (secondary N) is 1. The zero-order chi connectivity index (χ0) is 15.4. The Balaban J connectivity index is 1.64. The lowest BCUT2D eigenvalue weighted by Crippen LogP contribution is -2.39. The SMILES string of the molecule is COC1CCC(NC(=O)c2cccc(-c3ccno3)n2)CC1. The van der Waals surface area contributed by atoms with E-state index in [4.69, 9.17) is 9.26 Å². The highest BCUT2D eigenvalue weighted by Crippen LogP contribution is 2.21. The van der Waals surface area contributed by atoms with E-state index in [1.54, 1.807) is 37.6 Å². The van der Waals surface area contributed by atoms with Crippen molar-refractivity contribution < 1.29 is 14.1 Å². The summed E-state index contributed by atoms with van der Waals surface area (Å²) in [4.78, 5) is 16.7. The molecule has 2 heterocycles. The quantitative estimate of drug-likeness (QED) is 0.938. The fraction of sp³-hybridized carbons (Fsp3) is 0.438. The highest BCUT2D eigenvalue weighted by molar-refractivity contribution is 5.92. The van der Waals surface area contributed by atoms with E-state index in [2.05, 4.69) is 15.5 Å². The normalized spacial score (nSPS) is 21.5. The summed E-state index contributed by atoms with van der Waals surface area (Å²) in [5, 5.41) is 6.70. The van der Waals surface area contributed by atoms with Crippen LogP contribution < -0.4 is 5.32 Å². The van der Waals surface area contributed by atoms with Crippen LogP contribution in [0.2, 0.25) is 0 Å². The van der Waals surface area contributed by atoms with Crippen LogP contribution >= 0.6 is 0 Å². The summed E-state index contributed by atoms with van der Waals surface area (Å²) in [7, 11) is 1.74. The molecule has 22 heavy (non-hydrogen) atoms. The Labute approximate surface area is 128 Å². The first-order valence-corrected chi connectivity index (χ1v) is 7.48. The summed E-state index contributed by atoms with van der Waals surface area (Å²) in [6.07, 6.45) is 5.71. The second-order valence-corrected chi connectivity index (χ2v) is 5.47. The molecule has 0 saturated heterocycles. The van der Waals surface area contributed by atoms with Crippen molar-refractivity contribution >= 4 is 5.91 Å². The molecular formula is C16H19N3O3. The molecular weight excluding hydrogens is 282 g/mol. The molecule has 1 N–H and O–H groups in total. The van der Waals surface area contributed by atoms with E-state index in [1.165, 1.54) is 0 Å². The Kier molecular flexibility index (Phi) is 4.48. The molecule has 0 atom stereocenters. The van der Waals surface area contributed by atoms with E-state index in [9.17, 15) is 4.79 Å². The second kappa shape index (κ2) is 6.70. The first-order chi connectivity index (χ1) is 10.8. The number of hydrogen-bond donors (Lipinski definition) is 1. The Morgan fingerprint density at radius 2 is 2.09 bits per heavy atom. The molecule has 0 aromatic carbocycles. The Morgan fingerprint density at radius 3 is 2.77 bits per heavy atom. The molecule has 2 aromatic rings. The molecule has 0 bridgehead atoms. The number of pyridine rings is 1. The summed E-state index contributed by atoms with van der Waals surface area (Å²) in [6.45, 7) is 0. The Bertz CT molecular complexity index is 619. The molecule has 1 aliphatic rings. The number of aromatic nitrogens is 2. The number of hydrogen-bond acceptors (Lipinski definition) is 5. The monoisotopic (exact) mass is 301 g/mol. The van der Waals surface area contributed by atoms with Crippen molar-refractivity contribution in [2.24, 2.45) is 0 Å². The van der Waals surface area contributed by atoms with Crippen molar-refractivity contribution in [1.29, 1.82) is 0 Å². The fourth-order valence-corrected chi connectivity index (χ4v) is 2.75. The van der Waals surface area contributed by atoms with Gasteiger partial charge in [-0.2, -0.15) is 0 Å². The average molecular weight is 301 g/mol. The number of carbonyl (C=O) groups is 1. The zero-order valence-electron chi connectivity index (χ0n) is 12.5. The summed E-state index contributed by atoms with van der Waals surface area (Å²) in [5.74, 6) is 0.400. The predicted octanol–water partition coefficient (Wildman–Crippen LogP) is 2.42. The third-order valence-electron chi connectivity index (χ3n) is 4.01. The molecule has 116 valence electrons. The molecule has 6 heteroatoms. The third-order valence-corrected chi connectivity index (χ3v) is 4.01. The number of rotatable bonds is 4. The molecule has 0 radical (unpaired) electrons. The van der Waals surface area contributed by atoms with Crippen LogP contribution in [0.4, 0.5) is 0 Å². The van der Waals surface area contributed by atoms with Crippen molar-refractivity contribution in [3.8, 4) is 11.5 Å². The molecule has 3 rings (SSSR count). The number of methoxy groups -OCH3 is 1. The molecule has 1 aliphatic carbocycles. The smallest absolute Gasteiger partial charge is 0.270 e. The van der Waals surface area contributed by atoms with Gasteiger partial charge in [-0.25, -0.2) is 4.98 Å². The molecule has 1 saturated carbocycles. The van der Waals surface area contributed by atoms with Crippen LogP contribution in [0.3, 0.4) is 0 Å². The van der Waals surface area contributed by atoms with E-state index in [-0.39, 0.29) is 11.9 Å². The second-order valence-electron chi connectivity index (χ2n) is 5.47. The molecule has 0 unspecified atom stereocenters. The molecule has 0 aliphatic heterocycles. The predicted molar refractivity (Wildman–Crippen MR) is 80.3 cm³/mol. The van der Waals surface area contributed by atoms with Crippen molar-refractivity contribution in [1.82, 2.24) is 15.5 Å². The van der Waals surface area contributed by atoms with Crippen molar-refractivity contribution in [3.05, 3.63) is 36.2 Å². The van der Waals surface area contributed by atoms with Crippen LogP contribution in [0.25, 0.3) is 11.5 Å². The number of carbonyl (C=O) groups excluding carboxylic acids is 1. The summed E-state index contributed by atoms with van der Waals surface area (Å²) < 4.78 is 10.4. The molecule has 6 nitrogen and oxygen atoms in total. The van der Waals surface area contributed by atoms with E-state index >= 15 is 0 Å². The lowest BCUT2D eigenvalue weighted by molar-refractivity contribution is 0.0598. The molecule has 2 aromatic heterocycles. The van der Waals surface area contributed by atoms with Gasteiger partial charge in [0.1, 0.15) is 11.4 Å². The van der Waals surface area contributed by atoms with E-state index < -0.39 is 0 Å². The van der Waals surface area contributed by atoms with Gasteiger partial charge in [0.15, 0.2) is 5.76 Å². The van der Waals surface area contributed by atoms with Crippen LogP contribution in [-0.2, 0) is 4.74 Å². The number of ether oxygens (including phenoxy) is 1. The van der Waals surface area contributed by atoms with Gasteiger partial charge < -0.3 is 14.6 Å². The molecule has 1 amide bonds. The van der Waals surface area contributed by atoms with E-state index in [0.29, 0.717) is 23.3 Å². The Morgan fingerprint density at radius 1 is 1.27 bits per heavy atom. The zero-order valence-corrected chi connectivity index (χ0v) is 12.5. The highest BCUT2D eigenvalue weighted by atomic mass is 16.5. The average Bonchev–Trinajstić information content (AvgIpc) is 3.10. The van der Waals surface area contributed by atoms with Crippen molar-refractivity contribution in [2.75, 3.05) is 7.11 Å². The number of nitrogens with zero attached hydrogens (tertiary/aromatic N) is 2. The van der Waals surface area contributed by atoms with Gasteiger partial charge in [0.2, 0.25) is 0 Å². The van der Waals surface area contributed by atoms with Crippen molar-refractivity contribution in [3.63, 3.8) is 0 Å². The van der Waals surface area contributed by atoms with Crippen LogP contribution in [0.15, 0.2) is 35.0 Å². The van der Waals surface area contributed by atoms with Gasteiger partial charge >= 0.3 is 0 Å². The van der Waals surface area contributed by atoms with Crippen LogP contribution in [-0.4, -0.2) is 35.3 Å². The van der Waals surface area contributed by atoms with Crippen molar-refractivity contribution in [2.45, 2.75) is 37.8 Å². The minimum absolute atomic E-state index is 0.151. The fourth-order valence-electron chi connectivity index (χ4n) is 2.75. The maximum Gasteiger partial charge on any atom is 0.270 e. The maximum absolute atomic E-state index is 12.3. The summed E-state index contributed by atoms with van der Waals surface area (Å²) in [5.41, 5.74) is 0.996. The number of amides is 1. The summed E-state index contributed by atoms with van der Waals surface area (Å²) >= 11 is 0. The largest absolute Gasteiger partial charge is 0.381 e. The van der Waals surface area contributed by atoms with Gasteiger partial charge in [0.05, 0.1) is 12.3 Å². The third kappa shape index (κ3) is 3.33. The van der Waals surface area contributed by atoms with Gasteiger partial charge in [-0.1, -0.05) is 11.2 Å². The standard InChI is InChI=1S/C16H19N3O3/c1-21-12-7-5-11(6-8-12)18-16(20)14-4-2-3-13(19-14)15-9-10-17-22-15/h2-4,9-12H,5-8H2,1H3,(H,18,20). The minimum Gasteiger partial charge on any atom is -0.381 e. The lowest BCUT2D eigenvalue weighted by Gasteiger charge is -2.28. The van der Waals surface area contributed by atoms with Gasteiger partial charge in [0.25, 0.3) is 5.91 Å². The molecule has 1 fully saturated rings. The van der Waals surface area contributed by atoms with Crippen LogP contribution in [0, 0.1) is 0 Å². The van der Waals surface area contributed by atoms with Crippen LogP contribution in [0.5, 0.6) is 0 Å². The van der Waals surface area contributed by atoms with Gasteiger partial charge in [-0.15, -0.1) is 0 Å². The van der Waals surface area contributed by atoms with E-state index in [1.807, 2.05) is 0 Å². The van der Waals surface area contributed by atoms with E-state index in [0.717, 1.165) is 25.7 Å².